The maximum atomic E-state index is 11.3. The van der Waals surface area contributed by atoms with Gasteiger partial charge in [-0.2, -0.15) is 0 Å². The number of ether oxygens (including phenoxy) is 1. The van der Waals surface area contributed by atoms with Crippen molar-refractivity contribution < 1.29 is 14.3 Å². The van der Waals surface area contributed by atoms with Crippen LogP contribution >= 0.6 is 23.2 Å². The largest absolute Gasteiger partial charge is 0.468 e. The van der Waals surface area contributed by atoms with Crippen molar-refractivity contribution in [1.29, 1.82) is 0 Å². The summed E-state index contributed by atoms with van der Waals surface area (Å²) in [5, 5.41) is 5.59. The molecule has 0 spiro atoms. The predicted molar refractivity (Wildman–Crippen MR) is 65.5 cm³/mol. The molecule has 0 radical (unpaired) electrons. The molecule has 0 fully saturated rings. The summed E-state index contributed by atoms with van der Waals surface area (Å²) in [6.45, 7) is -0.212. The summed E-state index contributed by atoms with van der Waals surface area (Å²) in [6, 6.07) is 4.06. The maximum absolute atomic E-state index is 11.3. The predicted octanol–water partition coefficient (Wildman–Crippen LogP) is 2.29. The van der Waals surface area contributed by atoms with E-state index in [1.54, 1.807) is 6.07 Å². The number of hydrogen-bond acceptors (Lipinski definition) is 3. The van der Waals surface area contributed by atoms with Crippen LogP contribution in [0.15, 0.2) is 18.2 Å². The summed E-state index contributed by atoms with van der Waals surface area (Å²) in [5.74, 6) is -0.538. The molecule has 0 bridgehead atoms. The molecule has 5 nitrogen and oxygen atoms in total. The zero-order chi connectivity index (χ0) is 12.8. The Labute approximate surface area is 108 Å². The van der Waals surface area contributed by atoms with E-state index < -0.39 is 12.0 Å². The van der Waals surface area contributed by atoms with Crippen molar-refractivity contribution in [3.8, 4) is 0 Å². The number of carbonyl (C=O) groups is 2. The summed E-state index contributed by atoms with van der Waals surface area (Å²) in [5.41, 5.74) is 0.435. The van der Waals surface area contributed by atoms with Crippen LogP contribution in [0.2, 0.25) is 10.0 Å². The van der Waals surface area contributed by atoms with Crippen molar-refractivity contribution in [2.24, 2.45) is 0 Å². The fourth-order valence-corrected chi connectivity index (χ4v) is 1.55. The Balaban J connectivity index is 2.53. The molecule has 1 aromatic carbocycles. The molecule has 1 aromatic rings. The molecule has 92 valence electrons. The summed E-state index contributed by atoms with van der Waals surface area (Å²) in [7, 11) is 1.23. The quantitative estimate of drug-likeness (QED) is 0.833. The van der Waals surface area contributed by atoms with Crippen LogP contribution < -0.4 is 10.6 Å². The van der Waals surface area contributed by atoms with E-state index in [4.69, 9.17) is 23.2 Å². The Kier molecular flexibility index (Phi) is 5.06. The molecule has 0 aliphatic rings. The lowest BCUT2D eigenvalue weighted by molar-refractivity contribution is -0.139. The topological polar surface area (TPSA) is 67.4 Å². The number of carbonyl (C=O) groups excluding carboxylic acids is 2. The molecule has 1 rings (SSSR count). The van der Waals surface area contributed by atoms with Crippen LogP contribution in [-0.2, 0) is 9.53 Å². The number of rotatable bonds is 3. The second kappa shape index (κ2) is 6.32. The van der Waals surface area contributed by atoms with E-state index in [0.29, 0.717) is 15.7 Å². The molecule has 2 amide bonds. The van der Waals surface area contributed by atoms with Crippen LogP contribution in [-0.4, -0.2) is 25.7 Å². The van der Waals surface area contributed by atoms with Crippen LogP contribution in [0.3, 0.4) is 0 Å². The number of amides is 2. The summed E-state index contributed by atoms with van der Waals surface area (Å²) in [6.07, 6.45) is 0. The molecule has 0 unspecified atom stereocenters. The van der Waals surface area contributed by atoms with E-state index in [0.717, 1.165) is 0 Å². The SMILES string of the molecule is COC(=O)CNC(=O)Nc1cc(Cl)cc(Cl)c1. The van der Waals surface area contributed by atoms with Gasteiger partial charge in [0.1, 0.15) is 6.54 Å². The van der Waals surface area contributed by atoms with E-state index in [1.165, 1.54) is 19.2 Å². The summed E-state index contributed by atoms with van der Waals surface area (Å²) in [4.78, 5) is 22.1. The Morgan fingerprint density at radius 3 is 2.35 bits per heavy atom. The van der Waals surface area contributed by atoms with Crippen LogP contribution in [0.1, 0.15) is 0 Å². The van der Waals surface area contributed by atoms with E-state index >= 15 is 0 Å². The van der Waals surface area contributed by atoms with Gasteiger partial charge in [0.05, 0.1) is 7.11 Å². The van der Waals surface area contributed by atoms with Crippen molar-refractivity contribution in [1.82, 2.24) is 5.32 Å². The number of methoxy groups -OCH3 is 1. The molecule has 0 saturated carbocycles. The van der Waals surface area contributed by atoms with Gasteiger partial charge in [-0.1, -0.05) is 23.2 Å². The number of nitrogens with one attached hydrogen (secondary N) is 2. The monoisotopic (exact) mass is 276 g/mol. The second-order valence-corrected chi connectivity index (χ2v) is 3.91. The Bertz CT molecular complexity index is 417. The van der Waals surface area contributed by atoms with Gasteiger partial charge in [0.15, 0.2) is 0 Å². The van der Waals surface area contributed by atoms with Crippen LogP contribution in [0.4, 0.5) is 10.5 Å². The Morgan fingerprint density at radius 1 is 1.24 bits per heavy atom. The van der Waals surface area contributed by atoms with Gasteiger partial charge in [-0.3, -0.25) is 4.79 Å². The van der Waals surface area contributed by atoms with E-state index in [-0.39, 0.29) is 6.54 Å². The molecule has 0 atom stereocenters. The zero-order valence-corrected chi connectivity index (χ0v) is 10.4. The van der Waals surface area contributed by atoms with Crippen molar-refractivity contribution in [3.05, 3.63) is 28.2 Å². The first-order valence-corrected chi connectivity index (χ1v) is 5.34. The normalized spacial score (nSPS) is 9.59. The highest BCUT2D eigenvalue weighted by molar-refractivity contribution is 6.35. The number of benzene rings is 1. The van der Waals surface area contributed by atoms with Gasteiger partial charge in [-0.05, 0) is 18.2 Å². The van der Waals surface area contributed by atoms with Crippen molar-refractivity contribution >= 4 is 40.9 Å². The fraction of sp³-hybridized carbons (Fsp3) is 0.200. The summed E-state index contributed by atoms with van der Waals surface area (Å²) < 4.78 is 4.37. The standard InChI is InChI=1S/C10H10Cl2N2O3/c1-17-9(15)5-13-10(16)14-8-3-6(11)2-7(12)4-8/h2-4H,5H2,1H3,(H2,13,14,16). The number of esters is 1. The van der Waals surface area contributed by atoms with Gasteiger partial charge in [0.2, 0.25) is 0 Å². The number of hydrogen-bond donors (Lipinski definition) is 2. The van der Waals surface area contributed by atoms with Gasteiger partial charge in [-0.15, -0.1) is 0 Å². The first-order valence-electron chi connectivity index (χ1n) is 4.59. The highest BCUT2D eigenvalue weighted by Gasteiger charge is 2.06. The Hall–Kier alpha value is -1.46. The third-order valence-corrected chi connectivity index (χ3v) is 2.18. The number of anilines is 1. The Morgan fingerprint density at radius 2 is 1.82 bits per heavy atom. The third-order valence-electron chi connectivity index (χ3n) is 1.74. The van der Waals surface area contributed by atoms with Crippen molar-refractivity contribution in [2.75, 3.05) is 19.0 Å². The van der Waals surface area contributed by atoms with E-state index in [9.17, 15) is 9.59 Å². The van der Waals surface area contributed by atoms with Crippen molar-refractivity contribution in [3.63, 3.8) is 0 Å². The molecular weight excluding hydrogens is 267 g/mol. The molecule has 0 heterocycles. The van der Waals surface area contributed by atoms with Crippen LogP contribution in [0.5, 0.6) is 0 Å². The van der Waals surface area contributed by atoms with E-state index in [2.05, 4.69) is 15.4 Å². The minimum absolute atomic E-state index is 0.212. The van der Waals surface area contributed by atoms with Gasteiger partial charge >= 0.3 is 12.0 Å². The molecule has 7 heteroatoms. The van der Waals surface area contributed by atoms with Crippen LogP contribution in [0, 0.1) is 0 Å². The molecule has 0 saturated heterocycles. The lowest BCUT2D eigenvalue weighted by Crippen LogP contribution is -2.33. The molecule has 17 heavy (non-hydrogen) atoms. The average molecular weight is 277 g/mol. The number of urea groups is 1. The molecular formula is C10H10Cl2N2O3. The zero-order valence-electron chi connectivity index (χ0n) is 8.92. The van der Waals surface area contributed by atoms with E-state index in [1.807, 2.05) is 0 Å². The number of halogens is 2. The highest BCUT2D eigenvalue weighted by Crippen LogP contribution is 2.22. The smallest absolute Gasteiger partial charge is 0.325 e. The minimum atomic E-state index is -0.547. The average Bonchev–Trinajstić information content (AvgIpc) is 2.24. The molecule has 0 aliphatic heterocycles. The first-order chi connectivity index (χ1) is 8.01. The maximum Gasteiger partial charge on any atom is 0.325 e. The summed E-state index contributed by atoms with van der Waals surface area (Å²) >= 11 is 11.5. The molecule has 2 N–H and O–H groups in total. The highest BCUT2D eigenvalue weighted by atomic mass is 35.5. The lowest BCUT2D eigenvalue weighted by Gasteiger charge is -2.07. The third kappa shape index (κ3) is 4.93. The van der Waals surface area contributed by atoms with Gasteiger partial charge in [0.25, 0.3) is 0 Å². The second-order valence-electron chi connectivity index (χ2n) is 3.04. The van der Waals surface area contributed by atoms with Gasteiger partial charge in [0, 0.05) is 15.7 Å². The first kappa shape index (κ1) is 13.6. The molecule has 0 aliphatic carbocycles. The van der Waals surface area contributed by atoms with Gasteiger partial charge < -0.3 is 15.4 Å². The van der Waals surface area contributed by atoms with Crippen molar-refractivity contribution in [2.45, 2.75) is 0 Å². The molecule has 0 aromatic heterocycles. The fourth-order valence-electron chi connectivity index (χ4n) is 1.03. The minimum Gasteiger partial charge on any atom is -0.468 e. The van der Waals surface area contributed by atoms with Gasteiger partial charge in [-0.25, -0.2) is 4.79 Å². The lowest BCUT2D eigenvalue weighted by atomic mass is 10.3. The van der Waals surface area contributed by atoms with Crippen LogP contribution in [0.25, 0.3) is 0 Å².